The topological polar surface area (TPSA) is 66.4 Å². The zero-order valence-corrected chi connectivity index (χ0v) is 11.8. The summed E-state index contributed by atoms with van der Waals surface area (Å²) in [6.45, 7) is 2.08. The minimum Gasteiger partial charge on any atom is -0.481 e. The molecule has 0 aliphatic heterocycles. The van der Waals surface area contributed by atoms with Crippen molar-refractivity contribution in [3.05, 3.63) is 0 Å². The molecule has 19 heavy (non-hydrogen) atoms. The molecule has 2 saturated carbocycles. The van der Waals surface area contributed by atoms with Gasteiger partial charge in [-0.25, -0.2) is 0 Å². The lowest BCUT2D eigenvalue weighted by Gasteiger charge is -2.41. The first-order valence-corrected chi connectivity index (χ1v) is 7.46. The molecule has 0 bridgehead atoms. The second kappa shape index (κ2) is 5.51. The van der Waals surface area contributed by atoms with E-state index in [0.717, 1.165) is 38.5 Å². The third-order valence-electron chi connectivity index (χ3n) is 4.87. The predicted molar refractivity (Wildman–Crippen MR) is 72.8 cm³/mol. The van der Waals surface area contributed by atoms with Crippen LogP contribution in [0.15, 0.2) is 0 Å². The molecule has 2 rings (SSSR count). The Hall–Kier alpha value is -1.06. The van der Waals surface area contributed by atoms with Crippen LogP contribution in [0.2, 0.25) is 0 Å². The Morgan fingerprint density at radius 2 is 1.63 bits per heavy atom. The van der Waals surface area contributed by atoms with E-state index in [9.17, 15) is 9.59 Å². The molecule has 1 amide bonds. The normalized spacial score (nSPS) is 24.3. The van der Waals surface area contributed by atoms with Gasteiger partial charge >= 0.3 is 5.97 Å². The number of carboxylic acids is 1. The molecule has 4 heteroatoms. The van der Waals surface area contributed by atoms with E-state index in [0.29, 0.717) is 6.42 Å². The number of amides is 1. The van der Waals surface area contributed by atoms with Crippen LogP contribution in [0.25, 0.3) is 0 Å². The molecule has 0 heterocycles. The number of hydrogen-bond donors (Lipinski definition) is 2. The molecule has 2 aliphatic carbocycles. The Morgan fingerprint density at radius 3 is 2.11 bits per heavy atom. The first-order chi connectivity index (χ1) is 8.93. The summed E-state index contributed by atoms with van der Waals surface area (Å²) in [5.74, 6) is -0.727. The van der Waals surface area contributed by atoms with Gasteiger partial charge in [0, 0.05) is 12.0 Å². The molecule has 0 atom stereocenters. The summed E-state index contributed by atoms with van der Waals surface area (Å²) >= 11 is 0. The van der Waals surface area contributed by atoms with Crippen LogP contribution in [0.5, 0.6) is 0 Å². The van der Waals surface area contributed by atoms with Crippen molar-refractivity contribution in [1.29, 1.82) is 0 Å². The molecular weight excluding hydrogens is 242 g/mol. The zero-order chi connectivity index (χ0) is 13.9. The van der Waals surface area contributed by atoms with E-state index in [1.165, 1.54) is 12.8 Å². The van der Waals surface area contributed by atoms with Crippen LogP contribution in [0.4, 0.5) is 0 Å². The summed E-state index contributed by atoms with van der Waals surface area (Å²) in [5, 5.41) is 12.2. The van der Waals surface area contributed by atoms with Gasteiger partial charge in [-0.2, -0.15) is 0 Å². The van der Waals surface area contributed by atoms with Gasteiger partial charge in [0.1, 0.15) is 0 Å². The van der Waals surface area contributed by atoms with Crippen LogP contribution < -0.4 is 5.32 Å². The third kappa shape index (κ3) is 3.71. The van der Waals surface area contributed by atoms with E-state index in [1.54, 1.807) is 0 Å². The number of aliphatic carboxylic acids is 1. The van der Waals surface area contributed by atoms with Crippen molar-refractivity contribution in [2.45, 2.75) is 76.7 Å². The maximum absolute atomic E-state index is 12.2. The van der Waals surface area contributed by atoms with Crippen molar-refractivity contribution < 1.29 is 14.7 Å². The molecule has 4 nitrogen and oxygen atoms in total. The van der Waals surface area contributed by atoms with Crippen LogP contribution in [-0.4, -0.2) is 22.5 Å². The standard InChI is InChI=1S/C15H25NO3/c1-14(6-5-7-14)16-12(17)10-15(11-13(18)19)8-3-2-4-9-15/h2-11H2,1H3,(H,16,17)(H,18,19). The second-order valence-electron chi connectivity index (χ2n) is 6.77. The number of carbonyl (C=O) groups is 2. The molecule has 0 saturated heterocycles. The van der Waals surface area contributed by atoms with Crippen LogP contribution >= 0.6 is 0 Å². The minimum atomic E-state index is -0.774. The first kappa shape index (κ1) is 14.4. The molecule has 2 fully saturated rings. The summed E-state index contributed by atoms with van der Waals surface area (Å²) in [6, 6.07) is 0. The Morgan fingerprint density at radius 1 is 1.00 bits per heavy atom. The molecule has 0 spiro atoms. The van der Waals surface area contributed by atoms with Crippen molar-refractivity contribution in [2.24, 2.45) is 5.41 Å². The van der Waals surface area contributed by atoms with E-state index < -0.39 is 5.97 Å². The molecule has 2 aliphatic rings. The van der Waals surface area contributed by atoms with Crippen LogP contribution in [-0.2, 0) is 9.59 Å². The fourth-order valence-corrected chi connectivity index (χ4v) is 3.59. The minimum absolute atomic E-state index is 0.0316. The molecule has 2 N–H and O–H groups in total. The van der Waals surface area contributed by atoms with Gasteiger partial charge in [0.15, 0.2) is 0 Å². The largest absolute Gasteiger partial charge is 0.481 e. The quantitative estimate of drug-likeness (QED) is 0.805. The lowest BCUT2D eigenvalue weighted by molar-refractivity contribution is -0.141. The maximum atomic E-state index is 12.2. The molecule has 0 radical (unpaired) electrons. The van der Waals surface area contributed by atoms with Gasteiger partial charge in [-0.1, -0.05) is 19.3 Å². The van der Waals surface area contributed by atoms with E-state index in [4.69, 9.17) is 5.11 Å². The summed E-state index contributed by atoms with van der Waals surface area (Å²) in [6.07, 6.45) is 8.82. The van der Waals surface area contributed by atoms with E-state index >= 15 is 0 Å². The number of nitrogens with one attached hydrogen (secondary N) is 1. The highest BCUT2D eigenvalue weighted by Gasteiger charge is 2.39. The summed E-state index contributed by atoms with van der Waals surface area (Å²) in [4.78, 5) is 23.3. The van der Waals surface area contributed by atoms with Gasteiger partial charge in [0.05, 0.1) is 6.42 Å². The number of carboxylic acid groups (broad SMARTS) is 1. The molecule has 0 unspecified atom stereocenters. The SMILES string of the molecule is CC1(NC(=O)CC2(CC(=O)O)CCCCC2)CCC1. The maximum Gasteiger partial charge on any atom is 0.303 e. The van der Waals surface area contributed by atoms with Gasteiger partial charge in [-0.15, -0.1) is 0 Å². The van der Waals surface area contributed by atoms with Crippen LogP contribution in [0.1, 0.15) is 71.1 Å². The fourth-order valence-electron chi connectivity index (χ4n) is 3.59. The number of carbonyl (C=O) groups excluding carboxylic acids is 1. The van der Waals surface area contributed by atoms with E-state index in [1.807, 2.05) is 0 Å². The molecule has 0 aromatic carbocycles. The van der Waals surface area contributed by atoms with E-state index in [-0.39, 0.29) is 23.3 Å². The van der Waals surface area contributed by atoms with Crippen molar-refractivity contribution >= 4 is 11.9 Å². The first-order valence-electron chi connectivity index (χ1n) is 7.46. The van der Waals surface area contributed by atoms with Crippen molar-refractivity contribution in [2.75, 3.05) is 0 Å². The number of hydrogen-bond acceptors (Lipinski definition) is 2. The summed E-state index contributed by atoms with van der Waals surface area (Å²) in [5.41, 5.74) is -0.329. The highest BCUT2D eigenvalue weighted by molar-refractivity contribution is 5.79. The lowest BCUT2D eigenvalue weighted by atomic mass is 9.69. The van der Waals surface area contributed by atoms with Gasteiger partial charge < -0.3 is 10.4 Å². The third-order valence-corrected chi connectivity index (χ3v) is 4.87. The Bertz CT molecular complexity index is 354. The van der Waals surface area contributed by atoms with Crippen molar-refractivity contribution in [3.8, 4) is 0 Å². The molecule has 0 aromatic heterocycles. The van der Waals surface area contributed by atoms with Gasteiger partial charge in [-0.3, -0.25) is 9.59 Å². The van der Waals surface area contributed by atoms with Gasteiger partial charge in [0.2, 0.25) is 5.91 Å². The van der Waals surface area contributed by atoms with Crippen molar-refractivity contribution in [3.63, 3.8) is 0 Å². The lowest BCUT2D eigenvalue weighted by Crippen LogP contribution is -2.52. The highest BCUT2D eigenvalue weighted by Crippen LogP contribution is 2.42. The highest BCUT2D eigenvalue weighted by atomic mass is 16.4. The van der Waals surface area contributed by atoms with Crippen molar-refractivity contribution in [1.82, 2.24) is 5.32 Å². The van der Waals surface area contributed by atoms with Gasteiger partial charge in [0.25, 0.3) is 0 Å². The van der Waals surface area contributed by atoms with Crippen LogP contribution in [0.3, 0.4) is 0 Å². The second-order valence-corrected chi connectivity index (χ2v) is 6.77. The summed E-state index contributed by atoms with van der Waals surface area (Å²) in [7, 11) is 0. The monoisotopic (exact) mass is 267 g/mol. The number of rotatable bonds is 5. The molecular formula is C15H25NO3. The van der Waals surface area contributed by atoms with Gasteiger partial charge in [-0.05, 0) is 44.4 Å². The van der Waals surface area contributed by atoms with E-state index in [2.05, 4.69) is 12.2 Å². The molecule has 0 aromatic rings. The van der Waals surface area contributed by atoms with Crippen LogP contribution in [0, 0.1) is 5.41 Å². The Balaban J connectivity index is 1.94. The summed E-state index contributed by atoms with van der Waals surface area (Å²) < 4.78 is 0. The fraction of sp³-hybridized carbons (Fsp3) is 0.867. The Kier molecular flexibility index (Phi) is 4.16. The molecule has 108 valence electrons. The predicted octanol–water partition coefficient (Wildman–Crippen LogP) is 2.86. The average molecular weight is 267 g/mol. The average Bonchev–Trinajstić information content (AvgIpc) is 2.26. The smallest absolute Gasteiger partial charge is 0.303 e. The Labute approximate surface area is 115 Å². The zero-order valence-electron chi connectivity index (χ0n) is 11.8.